The van der Waals surface area contributed by atoms with Gasteiger partial charge in [-0.2, -0.15) is 4.31 Å². The summed E-state index contributed by atoms with van der Waals surface area (Å²) in [5.74, 6) is 0.348. The molecule has 27 heavy (non-hydrogen) atoms. The Bertz CT molecular complexity index is 910. The van der Waals surface area contributed by atoms with E-state index >= 15 is 0 Å². The molecule has 0 spiro atoms. The summed E-state index contributed by atoms with van der Waals surface area (Å²) in [6.07, 6.45) is 6.10. The van der Waals surface area contributed by atoms with Crippen LogP contribution in [0.4, 0.5) is 4.39 Å². The third-order valence-corrected chi connectivity index (χ3v) is 7.26. The number of sulfonamides is 1. The first-order valence-electron chi connectivity index (χ1n) is 9.33. The smallest absolute Gasteiger partial charge is 0.243 e. The van der Waals surface area contributed by atoms with Crippen LogP contribution in [0, 0.1) is 18.7 Å². The fraction of sp³-hybridized carbons (Fsp3) is 0.450. The van der Waals surface area contributed by atoms with Crippen LogP contribution < -0.4 is 0 Å². The van der Waals surface area contributed by atoms with Crippen molar-refractivity contribution >= 4 is 10.0 Å². The number of aryl methyl sites for hydroxylation is 1. The molecule has 1 saturated carbocycles. The SMILES string of the molecule is Cc1cc(S(=O)(=O)N2CC(N(Cc3ccncc3)CC3CC3)C2)ccc1F. The van der Waals surface area contributed by atoms with Gasteiger partial charge in [-0.3, -0.25) is 9.88 Å². The molecule has 0 bridgehead atoms. The number of pyridine rings is 1. The molecule has 2 aliphatic rings. The van der Waals surface area contributed by atoms with Gasteiger partial charge in [0.25, 0.3) is 0 Å². The minimum atomic E-state index is -3.56. The zero-order valence-corrected chi connectivity index (χ0v) is 16.2. The summed E-state index contributed by atoms with van der Waals surface area (Å²) in [6, 6.07) is 8.22. The van der Waals surface area contributed by atoms with Gasteiger partial charge >= 0.3 is 0 Å². The molecule has 1 aromatic carbocycles. The lowest BCUT2D eigenvalue weighted by Crippen LogP contribution is -2.60. The molecule has 0 amide bonds. The van der Waals surface area contributed by atoms with E-state index in [1.54, 1.807) is 19.3 Å². The first-order valence-corrected chi connectivity index (χ1v) is 10.8. The fourth-order valence-corrected chi connectivity index (χ4v) is 5.07. The molecule has 0 unspecified atom stereocenters. The maximum Gasteiger partial charge on any atom is 0.243 e. The van der Waals surface area contributed by atoms with Gasteiger partial charge in [-0.05, 0) is 67.1 Å². The number of nitrogens with zero attached hydrogens (tertiary/aromatic N) is 3. The molecular formula is C20H24FN3O2S. The van der Waals surface area contributed by atoms with Gasteiger partial charge in [-0.15, -0.1) is 0 Å². The van der Waals surface area contributed by atoms with Crippen molar-refractivity contribution in [1.29, 1.82) is 0 Å². The number of aromatic nitrogens is 1. The summed E-state index contributed by atoms with van der Waals surface area (Å²) < 4.78 is 40.6. The predicted octanol–water partition coefficient (Wildman–Crippen LogP) is 2.81. The van der Waals surface area contributed by atoms with E-state index < -0.39 is 10.0 Å². The van der Waals surface area contributed by atoms with E-state index in [2.05, 4.69) is 9.88 Å². The van der Waals surface area contributed by atoms with Gasteiger partial charge < -0.3 is 0 Å². The Labute approximate surface area is 159 Å². The Balaban J connectivity index is 1.44. The van der Waals surface area contributed by atoms with Crippen LogP contribution in [0.1, 0.15) is 24.0 Å². The molecule has 1 aliphatic heterocycles. The van der Waals surface area contributed by atoms with Crippen LogP contribution in [0.15, 0.2) is 47.6 Å². The second-order valence-electron chi connectivity index (χ2n) is 7.62. The molecule has 1 saturated heterocycles. The Kier molecular flexibility index (Phi) is 5.01. The van der Waals surface area contributed by atoms with Gasteiger partial charge in [-0.25, -0.2) is 12.8 Å². The van der Waals surface area contributed by atoms with Crippen LogP contribution >= 0.6 is 0 Å². The molecular weight excluding hydrogens is 365 g/mol. The number of halogens is 1. The van der Waals surface area contributed by atoms with Crippen molar-refractivity contribution in [3.05, 3.63) is 59.7 Å². The lowest BCUT2D eigenvalue weighted by atomic mass is 10.1. The van der Waals surface area contributed by atoms with Gasteiger partial charge in [0.05, 0.1) is 4.90 Å². The fourth-order valence-electron chi connectivity index (χ4n) is 3.47. The van der Waals surface area contributed by atoms with Crippen molar-refractivity contribution in [2.24, 2.45) is 5.92 Å². The molecule has 7 heteroatoms. The molecule has 144 valence electrons. The van der Waals surface area contributed by atoms with E-state index in [0.717, 1.165) is 19.0 Å². The molecule has 2 fully saturated rings. The van der Waals surface area contributed by atoms with Crippen LogP contribution in [0.2, 0.25) is 0 Å². The molecule has 0 radical (unpaired) electrons. The molecule has 0 N–H and O–H groups in total. The topological polar surface area (TPSA) is 53.5 Å². The molecule has 4 rings (SSSR count). The molecule has 2 heterocycles. The monoisotopic (exact) mass is 389 g/mol. The van der Waals surface area contributed by atoms with Crippen molar-refractivity contribution in [3.8, 4) is 0 Å². The Morgan fingerprint density at radius 1 is 1.19 bits per heavy atom. The lowest BCUT2D eigenvalue weighted by Gasteiger charge is -2.44. The minimum absolute atomic E-state index is 0.169. The average molecular weight is 389 g/mol. The molecule has 2 aromatic rings. The van der Waals surface area contributed by atoms with Crippen molar-refractivity contribution in [2.75, 3.05) is 19.6 Å². The highest BCUT2D eigenvalue weighted by Crippen LogP contribution is 2.33. The summed E-state index contributed by atoms with van der Waals surface area (Å²) in [7, 11) is -3.56. The number of rotatable bonds is 7. The normalized spacial score (nSPS) is 18.6. The highest BCUT2D eigenvalue weighted by molar-refractivity contribution is 7.89. The standard InChI is InChI=1S/C20H24FN3O2S/c1-15-10-19(4-5-20(15)21)27(25,26)24-13-18(14-24)23(11-16-2-3-16)12-17-6-8-22-9-7-17/h4-10,16,18H,2-3,11-14H2,1H3. The zero-order chi connectivity index (χ0) is 19.0. The average Bonchev–Trinajstić information content (AvgIpc) is 3.40. The summed E-state index contributed by atoms with van der Waals surface area (Å²) in [5, 5.41) is 0. The van der Waals surface area contributed by atoms with E-state index in [-0.39, 0.29) is 16.8 Å². The molecule has 1 aliphatic carbocycles. The number of hydrogen-bond acceptors (Lipinski definition) is 4. The number of hydrogen-bond donors (Lipinski definition) is 0. The third-order valence-electron chi connectivity index (χ3n) is 5.44. The number of benzene rings is 1. The summed E-state index contributed by atoms with van der Waals surface area (Å²) in [4.78, 5) is 6.63. The van der Waals surface area contributed by atoms with Crippen molar-refractivity contribution in [2.45, 2.75) is 37.2 Å². The summed E-state index contributed by atoms with van der Waals surface area (Å²) in [6.45, 7) is 4.37. The molecule has 0 atom stereocenters. The minimum Gasteiger partial charge on any atom is -0.293 e. The quantitative estimate of drug-likeness (QED) is 0.731. The predicted molar refractivity (Wildman–Crippen MR) is 101 cm³/mol. The van der Waals surface area contributed by atoms with Gasteiger partial charge in [0, 0.05) is 44.6 Å². The van der Waals surface area contributed by atoms with Gasteiger partial charge in [0.15, 0.2) is 0 Å². The van der Waals surface area contributed by atoms with Crippen molar-refractivity contribution in [3.63, 3.8) is 0 Å². The van der Waals surface area contributed by atoms with Crippen LogP contribution in [0.3, 0.4) is 0 Å². The largest absolute Gasteiger partial charge is 0.293 e. The van der Waals surface area contributed by atoms with E-state index in [1.807, 2.05) is 12.1 Å². The second-order valence-corrected chi connectivity index (χ2v) is 9.55. The van der Waals surface area contributed by atoms with E-state index in [9.17, 15) is 12.8 Å². The second kappa shape index (κ2) is 7.30. The van der Waals surface area contributed by atoms with E-state index in [0.29, 0.717) is 18.7 Å². The highest BCUT2D eigenvalue weighted by Gasteiger charge is 2.41. The third kappa shape index (κ3) is 4.05. The van der Waals surface area contributed by atoms with Crippen molar-refractivity contribution in [1.82, 2.24) is 14.2 Å². The Hall–Kier alpha value is -1.83. The van der Waals surface area contributed by atoms with E-state index in [1.165, 1.54) is 40.9 Å². The Morgan fingerprint density at radius 3 is 2.52 bits per heavy atom. The zero-order valence-electron chi connectivity index (χ0n) is 15.4. The molecule has 1 aromatic heterocycles. The van der Waals surface area contributed by atoms with E-state index in [4.69, 9.17) is 0 Å². The van der Waals surface area contributed by atoms with Crippen LogP contribution in [-0.2, 0) is 16.6 Å². The van der Waals surface area contributed by atoms with Crippen LogP contribution in [0.25, 0.3) is 0 Å². The summed E-state index contributed by atoms with van der Waals surface area (Å²) >= 11 is 0. The first kappa shape index (κ1) is 18.5. The maximum atomic E-state index is 13.5. The van der Waals surface area contributed by atoms with Crippen LogP contribution in [-0.4, -0.2) is 48.3 Å². The first-order chi connectivity index (χ1) is 12.9. The van der Waals surface area contributed by atoms with Gasteiger partial charge in [0.2, 0.25) is 10.0 Å². The maximum absolute atomic E-state index is 13.5. The highest BCUT2D eigenvalue weighted by atomic mass is 32.2. The van der Waals surface area contributed by atoms with Crippen molar-refractivity contribution < 1.29 is 12.8 Å². The van der Waals surface area contributed by atoms with Crippen LogP contribution in [0.5, 0.6) is 0 Å². The van der Waals surface area contributed by atoms with Gasteiger partial charge in [-0.1, -0.05) is 0 Å². The van der Waals surface area contributed by atoms with Gasteiger partial charge in [0.1, 0.15) is 5.82 Å². The molecule has 5 nitrogen and oxygen atoms in total. The Morgan fingerprint density at radius 2 is 1.89 bits per heavy atom. The lowest BCUT2D eigenvalue weighted by molar-refractivity contribution is 0.0771. The summed E-state index contributed by atoms with van der Waals surface area (Å²) in [5.41, 5.74) is 1.54.